The molecule has 0 aliphatic carbocycles. The molecule has 2 aromatic carbocycles. The molecule has 0 aliphatic heterocycles. The van der Waals surface area contributed by atoms with Gasteiger partial charge in [0.25, 0.3) is 5.91 Å². The van der Waals surface area contributed by atoms with Crippen molar-refractivity contribution in [2.24, 2.45) is 5.10 Å². The highest BCUT2D eigenvalue weighted by molar-refractivity contribution is 6.42. The highest BCUT2D eigenvalue weighted by Gasteiger charge is 2.07. The number of rotatable bonds is 5. The zero-order valence-electron chi connectivity index (χ0n) is 11.2. The lowest BCUT2D eigenvalue weighted by atomic mass is 10.2. The van der Waals surface area contributed by atoms with Gasteiger partial charge in [-0.15, -0.1) is 0 Å². The van der Waals surface area contributed by atoms with Crippen LogP contribution in [0.15, 0.2) is 47.6 Å². The van der Waals surface area contributed by atoms with Crippen LogP contribution in [0.2, 0.25) is 15.1 Å². The van der Waals surface area contributed by atoms with Crippen molar-refractivity contribution in [3.63, 3.8) is 0 Å². The standard InChI is InChI=1S/C15H11Cl3N2O2/c16-11-6-4-10(5-7-11)8-19-20-14(21)9-22-13-3-1-2-12(17)15(13)18/h1-8H,9H2,(H,20,21)/b19-8-. The van der Waals surface area contributed by atoms with E-state index in [-0.39, 0.29) is 11.6 Å². The molecule has 0 heterocycles. The number of ether oxygens (including phenoxy) is 1. The van der Waals surface area contributed by atoms with Gasteiger partial charge in [-0.2, -0.15) is 5.10 Å². The van der Waals surface area contributed by atoms with Gasteiger partial charge in [0.2, 0.25) is 0 Å². The predicted molar refractivity (Wildman–Crippen MR) is 89.1 cm³/mol. The van der Waals surface area contributed by atoms with E-state index in [2.05, 4.69) is 10.5 Å². The van der Waals surface area contributed by atoms with Crippen LogP contribution < -0.4 is 10.2 Å². The molecular formula is C15H11Cl3N2O2. The summed E-state index contributed by atoms with van der Waals surface area (Å²) >= 11 is 17.6. The summed E-state index contributed by atoms with van der Waals surface area (Å²) in [5.41, 5.74) is 3.16. The van der Waals surface area contributed by atoms with Crippen molar-refractivity contribution in [1.82, 2.24) is 5.43 Å². The SMILES string of the molecule is O=C(COc1cccc(Cl)c1Cl)N/N=C\c1ccc(Cl)cc1. The van der Waals surface area contributed by atoms with Crippen LogP contribution in [0.3, 0.4) is 0 Å². The lowest BCUT2D eigenvalue weighted by Crippen LogP contribution is -2.24. The van der Waals surface area contributed by atoms with Crippen LogP contribution in [0.4, 0.5) is 0 Å². The predicted octanol–water partition coefficient (Wildman–Crippen LogP) is 4.18. The third kappa shape index (κ3) is 4.91. The van der Waals surface area contributed by atoms with Crippen LogP contribution in [0.1, 0.15) is 5.56 Å². The molecule has 2 rings (SSSR count). The molecule has 1 N–H and O–H groups in total. The normalized spacial score (nSPS) is 10.7. The van der Waals surface area contributed by atoms with Crippen LogP contribution in [0, 0.1) is 0 Å². The van der Waals surface area contributed by atoms with Gasteiger partial charge in [-0.3, -0.25) is 4.79 Å². The van der Waals surface area contributed by atoms with Gasteiger partial charge >= 0.3 is 0 Å². The second-order valence-electron chi connectivity index (χ2n) is 4.19. The smallest absolute Gasteiger partial charge is 0.277 e. The van der Waals surface area contributed by atoms with Gasteiger partial charge in [0.1, 0.15) is 10.8 Å². The summed E-state index contributed by atoms with van der Waals surface area (Å²) in [6.07, 6.45) is 1.50. The first-order valence-electron chi connectivity index (χ1n) is 6.20. The molecule has 114 valence electrons. The Morgan fingerprint density at radius 1 is 1.14 bits per heavy atom. The second kappa shape index (κ2) is 8.03. The summed E-state index contributed by atoms with van der Waals surface area (Å²) in [6.45, 7) is -0.224. The lowest BCUT2D eigenvalue weighted by molar-refractivity contribution is -0.123. The lowest BCUT2D eigenvalue weighted by Gasteiger charge is -2.07. The number of hydrogen-bond donors (Lipinski definition) is 1. The summed E-state index contributed by atoms with van der Waals surface area (Å²) in [6, 6.07) is 12.0. The second-order valence-corrected chi connectivity index (χ2v) is 5.41. The van der Waals surface area contributed by atoms with Gasteiger partial charge in [-0.05, 0) is 29.8 Å². The van der Waals surface area contributed by atoms with E-state index in [4.69, 9.17) is 39.5 Å². The Bertz CT molecular complexity index is 688. The van der Waals surface area contributed by atoms with Crippen LogP contribution >= 0.6 is 34.8 Å². The molecule has 0 aliphatic rings. The molecule has 22 heavy (non-hydrogen) atoms. The topological polar surface area (TPSA) is 50.7 Å². The molecule has 0 radical (unpaired) electrons. The summed E-state index contributed by atoms with van der Waals surface area (Å²) in [5, 5.41) is 5.08. The summed E-state index contributed by atoms with van der Waals surface area (Å²) in [5.74, 6) is -0.0766. The summed E-state index contributed by atoms with van der Waals surface area (Å²) in [4.78, 5) is 11.6. The summed E-state index contributed by atoms with van der Waals surface area (Å²) in [7, 11) is 0. The molecule has 0 spiro atoms. The van der Waals surface area contributed by atoms with Crippen LogP contribution in [-0.2, 0) is 4.79 Å². The molecule has 0 unspecified atom stereocenters. The number of halogens is 3. The van der Waals surface area contributed by atoms with Crippen molar-refractivity contribution in [3.05, 3.63) is 63.1 Å². The minimum atomic E-state index is -0.416. The van der Waals surface area contributed by atoms with E-state index in [0.717, 1.165) is 5.56 Å². The molecule has 0 fully saturated rings. The Morgan fingerprint density at radius 2 is 1.86 bits per heavy atom. The molecular weight excluding hydrogens is 347 g/mol. The Morgan fingerprint density at radius 3 is 2.59 bits per heavy atom. The highest BCUT2D eigenvalue weighted by Crippen LogP contribution is 2.31. The molecule has 4 nitrogen and oxygen atoms in total. The fraction of sp³-hybridized carbons (Fsp3) is 0.0667. The molecule has 0 saturated carbocycles. The third-order valence-electron chi connectivity index (χ3n) is 2.55. The molecule has 1 amide bonds. The van der Waals surface area contributed by atoms with Crippen molar-refractivity contribution in [1.29, 1.82) is 0 Å². The van der Waals surface area contributed by atoms with Gasteiger partial charge in [0.05, 0.1) is 11.2 Å². The number of benzene rings is 2. The first kappa shape index (κ1) is 16.6. The average Bonchev–Trinajstić information content (AvgIpc) is 2.51. The summed E-state index contributed by atoms with van der Waals surface area (Å²) < 4.78 is 5.28. The van der Waals surface area contributed by atoms with Crippen molar-refractivity contribution in [3.8, 4) is 5.75 Å². The zero-order chi connectivity index (χ0) is 15.9. The van der Waals surface area contributed by atoms with Gasteiger partial charge in [-0.25, -0.2) is 5.43 Å². The molecule has 0 bridgehead atoms. The van der Waals surface area contributed by atoms with E-state index in [1.807, 2.05) is 0 Å². The van der Waals surface area contributed by atoms with Crippen LogP contribution in [0.25, 0.3) is 0 Å². The minimum absolute atomic E-state index is 0.224. The van der Waals surface area contributed by atoms with Crippen LogP contribution in [-0.4, -0.2) is 18.7 Å². The Labute approximate surface area is 142 Å². The minimum Gasteiger partial charge on any atom is -0.482 e. The maximum Gasteiger partial charge on any atom is 0.277 e. The average molecular weight is 358 g/mol. The van der Waals surface area contributed by atoms with Crippen LogP contribution in [0.5, 0.6) is 5.75 Å². The van der Waals surface area contributed by atoms with E-state index in [1.54, 1.807) is 42.5 Å². The quantitative estimate of drug-likeness (QED) is 0.645. The number of amides is 1. The number of hydrazone groups is 1. The molecule has 0 aromatic heterocycles. The first-order valence-corrected chi connectivity index (χ1v) is 7.34. The number of hydrogen-bond acceptors (Lipinski definition) is 3. The van der Waals surface area contributed by atoms with E-state index in [9.17, 15) is 4.79 Å². The van der Waals surface area contributed by atoms with E-state index in [1.165, 1.54) is 6.21 Å². The molecule has 7 heteroatoms. The first-order chi connectivity index (χ1) is 10.6. The number of carbonyl (C=O) groups is 1. The van der Waals surface area contributed by atoms with Crippen molar-refractivity contribution >= 4 is 46.9 Å². The Balaban J connectivity index is 1.83. The van der Waals surface area contributed by atoms with Crippen molar-refractivity contribution < 1.29 is 9.53 Å². The fourth-order valence-corrected chi connectivity index (χ4v) is 1.97. The van der Waals surface area contributed by atoms with E-state index >= 15 is 0 Å². The monoisotopic (exact) mass is 356 g/mol. The van der Waals surface area contributed by atoms with Crippen molar-refractivity contribution in [2.45, 2.75) is 0 Å². The number of nitrogens with zero attached hydrogens (tertiary/aromatic N) is 1. The maximum atomic E-state index is 11.6. The highest BCUT2D eigenvalue weighted by atomic mass is 35.5. The van der Waals surface area contributed by atoms with E-state index in [0.29, 0.717) is 15.8 Å². The molecule has 0 atom stereocenters. The Kier molecular flexibility index (Phi) is 6.07. The maximum absolute atomic E-state index is 11.6. The van der Waals surface area contributed by atoms with Gasteiger partial charge in [0.15, 0.2) is 6.61 Å². The number of carbonyl (C=O) groups excluding carboxylic acids is 1. The fourth-order valence-electron chi connectivity index (χ4n) is 1.50. The Hall–Kier alpha value is -1.75. The van der Waals surface area contributed by atoms with Gasteiger partial charge in [0, 0.05) is 5.02 Å². The zero-order valence-corrected chi connectivity index (χ0v) is 13.5. The van der Waals surface area contributed by atoms with Crippen molar-refractivity contribution in [2.75, 3.05) is 6.61 Å². The third-order valence-corrected chi connectivity index (χ3v) is 3.60. The molecule has 0 saturated heterocycles. The van der Waals surface area contributed by atoms with Gasteiger partial charge in [-0.1, -0.05) is 53.0 Å². The van der Waals surface area contributed by atoms with E-state index < -0.39 is 5.91 Å². The largest absolute Gasteiger partial charge is 0.482 e. The number of nitrogens with one attached hydrogen (secondary N) is 1. The molecule has 2 aromatic rings. The van der Waals surface area contributed by atoms with Gasteiger partial charge < -0.3 is 4.74 Å².